The molecule has 0 fully saturated rings. The van der Waals surface area contributed by atoms with Crippen LogP contribution in [0.5, 0.6) is 0 Å². The van der Waals surface area contributed by atoms with Crippen LogP contribution in [0.2, 0.25) is 0 Å². The molecule has 0 spiro atoms. The van der Waals surface area contributed by atoms with E-state index in [0.717, 1.165) is 40.2 Å². The van der Waals surface area contributed by atoms with Crippen molar-refractivity contribution in [1.82, 2.24) is 0 Å². The third-order valence-corrected chi connectivity index (χ3v) is 3.00. The number of nitrogen functional groups attached to an aromatic ring is 3. The van der Waals surface area contributed by atoms with E-state index in [1.165, 1.54) is 0 Å². The van der Waals surface area contributed by atoms with Crippen molar-refractivity contribution in [2.45, 2.75) is 13.3 Å². The van der Waals surface area contributed by atoms with Gasteiger partial charge >= 0.3 is 0 Å². The number of rotatable bonds is 2. The van der Waals surface area contributed by atoms with Gasteiger partial charge in [-0.15, -0.1) is 0 Å². The predicted molar refractivity (Wildman–Crippen MR) is 73.7 cm³/mol. The summed E-state index contributed by atoms with van der Waals surface area (Å²) in [6, 6.07) is 11.7. The summed E-state index contributed by atoms with van der Waals surface area (Å²) < 4.78 is 0. The maximum Gasteiger partial charge on any atom is 0.0367 e. The second-order valence-electron chi connectivity index (χ2n) is 4.27. The second-order valence-corrected chi connectivity index (χ2v) is 4.27. The van der Waals surface area contributed by atoms with Crippen LogP contribution in [-0.4, -0.2) is 0 Å². The van der Waals surface area contributed by atoms with E-state index in [1.807, 2.05) is 43.3 Å². The Morgan fingerprint density at radius 1 is 0.882 bits per heavy atom. The Labute approximate surface area is 101 Å². The third kappa shape index (κ3) is 2.33. The Balaban J connectivity index is 2.34. The molecule has 88 valence electrons. The molecule has 2 aromatic carbocycles. The summed E-state index contributed by atoms with van der Waals surface area (Å²) >= 11 is 0. The van der Waals surface area contributed by atoms with Crippen molar-refractivity contribution >= 4 is 17.1 Å². The van der Waals surface area contributed by atoms with Gasteiger partial charge in [-0.2, -0.15) is 0 Å². The molecular weight excluding hydrogens is 210 g/mol. The van der Waals surface area contributed by atoms with Gasteiger partial charge in [0.15, 0.2) is 0 Å². The van der Waals surface area contributed by atoms with Crippen molar-refractivity contribution in [3.8, 4) is 0 Å². The molecule has 3 nitrogen and oxygen atoms in total. The van der Waals surface area contributed by atoms with E-state index in [2.05, 4.69) is 0 Å². The molecular formula is C14H17N3. The van der Waals surface area contributed by atoms with E-state index in [9.17, 15) is 0 Å². The molecule has 0 radical (unpaired) electrons. The van der Waals surface area contributed by atoms with Crippen molar-refractivity contribution in [2.24, 2.45) is 0 Å². The summed E-state index contributed by atoms with van der Waals surface area (Å²) in [5.41, 5.74) is 23.1. The van der Waals surface area contributed by atoms with Gasteiger partial charge < -0.3 is 17.2 Å². The molecule has 0 aliphatic rings. The quantitative estimate of drug-likeness (QED) is 0.689. The summed E-state index contributed by atoms with van der Waals surface area (Å²) in [5.74, 6) is 0. The Hall–Kier alpha value is -2.16. The summed E-state index contributed by atoms with van der Waals surface area (Å²) in [4.78, 5) is 0. The SMILES string of the molecule is Cc1c(N)cc(Cc2ccccc2N)cc1N. The zero-order chi connectivity index (χ0) is 12.4. The molecule has 0 aliphatic carbocycles. The van der Waals surface area contributed by atoms with Crippen molar-refractivity contribution < 1.29 is 0 Å². The lowest BCUT2D eigenvalue weighted by Gasteiger charge is -2.10. The van der Waals surface area contributed by atoms with Crippen LogP contribution >= 0.6 is 0 Å². The summed E-state index contributed by atoms with van der Waals surface area (Å²) in [7, 11) is 0. The van der Waals surface area contributed by atoms with Crippen molar-refractivity contribution in [3.05, 3.63) is 53.1 Å². The first-order valence-electron chi connectivity index (χ1n) is 5.56. The van der Waals surface area contributed by atoms with E-state index < -0.39 is 0 Å². The van der Waals surface area contributed by atoms with Crippen LogP contribution < -0.4 is 17.2 Å². The fraction of sp³-hybridized carbons (Fsp3) is 0.143. The Morgan fingerprint density at radius 2 is 1.47 bits per heavy atom. The Morgan fingerprint density at radius 3 is 2.06 bits per heavy atom. The van der Waals surface area contributed by atoms with Crippen molar-refractivity contribution in [3.63, 3.8) is 0 Å². The van der Waals surface area contributed by atoms with Gasteiger partial charge in [-0.05, 0) is 48.2 Å². The lowest BCUT2D eigenvalue weighted by atomic mass is 10.0. The number of nitrogens with two attached hydrogens (primary N) is 3. The predicted octanol–water partition coefficient (Wildman–Crippen LogP) is 2.33. The first kappa shape index (κ1) is 11.3. The summed E-state index contributed by atoms with van der Waals surface area (Å²) in [5, 5.41) is 0. The lowest BCUT2D eigenvalue weighted by molar-refractivity contribution is 1.19. The fourth-order valence-electron chi connectivity index (χ4n) is 1.84. The molecule has 6 N–H and O–H groups in total. The Bertz CT molecular complexity index is 524. The number of anilines is 3. The molecule has 2 aromatic rings. The maximum absolute atomic E-state index is 5.91. The highest BCUT2D eigenvalue weighted by Gasteiger charge is 2.04. The number of hydrogen-bond donors (Lipinski definition) is 3. The smallest absolute Gasteiger partial charge is 0.0367 e. The molecule has 17 heavy (non-hydrogen) atoms. The highest BCUT2D eigenvalue weighted by atomic mass is 14.6. The average molecular weight is 227 g/mol. The zero-order valence-electron chi connectivity index (χ0n) is 9.90. The van der Waals surface area contributed by atoms with Crippen LogP contribution in [-0.2, 0) is 6.42 Å². The molecule has 0 saturated heterocycles. The monoisotopic (exact) mass is 227 g/mol. The minimum Gasteiger partial charge on any atom is -0.398 e. The van der Waals surface area contributed by atoms with E-state index in [-0.39, 0.29) is 0 Å². The van der Waals surface area contributed by atoms with Gasteiger partial charge in [0, 0.05) is 17.1 Å². The third-order valence-electron chi connectivity index (χ3n) is 3.00. The summed E-state index contributed by atoms with van der Waals surface area (Å²) in [6.07, 6.45) is 0.751. The molecule has 0 amide bonds. The summed E-state index contributed by atoms with van der Waals surface area (Å²) in [6.45, 7) is 1.92. The highest BCUT2D eigenvalue weighted by Crippen LogP contribution is 2.24. The molecule has 0 aromatic heterocycles. The molecule has 0 aliphatic heterocycles. The highest BCUT2D eigenvalue weighted by molar-refractivity contribution is 5.63. The molecule has 0 unspecified atom stereocenters. The first-order chi connectivity index (χ1) is 8.08. The van der Waals surface area contributed by atoms with Crippen LogP contribution in [0.15, 0.2) is 36.4 Å². The van der Waals surface area contributed by atoms with Gasteiger partial charge in [-0.1, -0.05) is 18.2 Å². The van der Waals surface area contributed by atoms with Gasteiger partial charge in [0.05, 0.1) is 0 Å². The molecule has 0 bridgehead atoms. The van der Waals surface area contributed by atoms with Crippen LogP contribution in [0.25, 0.3) is 0 Å². The van der Waals surface area contributed by atoms with Crippen molar-refractivity contribution in [1.29, 1.82) is 0 Å². The molecule has 2 rings (SSSR count). The second kappa shape index (κ2) is 4.37. The van der Waals surface area contributed by atoms with Crippen LogP contribution in [0, 0.1) is 6.92 Å². The fourth-order valence-corrected chi connectivity index (χ4v) is 1.84. The first-order valence-corrected chi connectivity index (χ1v) is 5.56. The van der Waals surface area contributed by atoms with E-state index in [0.29, 0.717) is 0 Å². The largest absolute Gasteiger partial charge is 0.398 e. The molecule has 0 heterocycles. The van der Waals surface area contributed by atoms with Crippen LogP contribution in [0.4, 0.5) is 17.1 Å². The van der Waals surface area contributed by atoms with E-state index in [4.69, 9.17) is 17.2 Å². The lowest BCUT2D eigenvalue weighted by Crippen LogP contribution is -2.00. The number of hydrogen-bond acceptors (Lipinski definition) is 3. The van der Waals surface area contributed by atoms with Gasteiger partial charge in [0.1, 0.15) is 0 Å². The van der Waals surface area contributed by atoms with Gasteiger partial charge in [-0.3, -0.25) is 0 Å². The number of benzene rings is 2. The standard InChI is InChI=1S/C14H17N3/c1-9-13(16)7-10(8-14(9)17)6-11-4-2-3-5-12(11)15/h2-5,7-8H,6,15-17H2,1H3. The molecule has 0 atom stereocenters. The topological polar surface area (TPSA) is 78.1 Å². The van der Waals surface area contributed by atoms with Gasteiger partial charge in [-0.25, -0.2) is 0 Å². The van der Waals surface area contributed by atoms with Gasteiger partial charge in [0.2, 0.25) is 0 Å². The normalized spacial score (nSPS) is 10.4. The Kier molecular flexibility index (Phi) is 2.91. The number of para-hydroxylation sites is 1. The van der Waals surface area contributed by atoms with E-state index >= 15 is 0 Å². The average Bonchev–Trinajstić information content (AvgIpc) is 2.29. The zero-order valence-corrected chi connectivity index (χ0v) is 9.90. The van der Waals surface area contributed by atoms with Crippen LogP contribution in [0.1, 0.15) is 16.7 Å². The maximum atomic E-state index is 5.91. The molecule has 0 saturated carbocycles. The minimum absolute atomic E-state index is 0.731. The van der Waals surface area contributed by atoms with Gasteiger partial charge in [0.25, 0.3) is 0 Å². The van der Waals surface area contributed by atoms with E-state index in [1.54, 1.807) is 0 Å². The minimum atomic E-state index is 0.731. The molecule has 3 heteroatoms. The van der Waals surface area contributed by atoms with Crippen molar-refractivity contribution in [2.75, 3.05) is 17.2 Å². The van der Waals surface area contributed by atoms with Crippen LogP contribution in [0.3, 0.4) is 0 Å².